The monoisotopic (exact) mass is 481 g/mol. The van der Waals surface area contributed by atoms with Crippen LogP contribution in [0.25, 0.3) is 10.8 Å². The van der Waals surface area contributed by atoms with E-state index in [9.17, 15) is 14.7 Å². The topological polar surface area (TPSA) is 91.8 Å². The number of phenolic OH excluding ortho intramolecular Hbond substituents is 1. The number of nitrogens with zero attached hydrogens (tertiary/aromatic N) is 2. The van der Waals surface area contributed by atoms with Crippen molar-refractivity contribution >= 4 is 22.6 Å². The van der Waals surface area contributed by atoms with Gasteiger partial charge in [0.2, 0.25) is 11.8 Å². The standard InChI is InChI=1S/C29H27N3O4/c33-27-23-10-5-4-9-22(23)12-13-24(27)29(35)32-16-6-11-25(32)28(34)31-18-21-14-15-30-26(17-21)36-19-20-7-2-1-3-8-20/h1-5,7-10,12-15,17,25,33H,6,11,16,18-19H2,(H,31,34). The maximum Gasteiger partial charge on any atom is 0.258 e. The Kier molecular flexibility index (Phi) is 6.80. The number of amides is 2. The number of benzene rings is 3. The smallest absolute Gasteiger partial charge is 0.258 e. The van der Waals surface area contributed by atoms with Crippen molar-refractivity contribution in [2.24, 2.45) is 0 Å². The van der Waals surface area contributed by atoms with E-state index in [4.69, 9.17) is 4.74 Å². The molecule has 2 amide bonds. The van der Waals surface area contributed by atoms with E-state index >= 15 is 0 Å². The second-order valence-electron chi connectivity index (χ2n) is 8.83. The molecule has 36 heavy (non-hydrogen) atoms. The lowest BCUT2D eigenvalue weighted by Gasteiger charge is -2.24. The molecule has 0 aliphatic carbocycles. The van der Waals surface area contributed by atoms with Crippen LogP contribution in [0.15, 0.2) is 85.1 Å². The Balaban J connectivity index is 1.22. The Bertz CT molecular complexity index is 1390. The molecule has 2 N–H and O–H groups in total. The summed E-state index contributed by atoms with van der Waals surface area (Å²) in [7, 11) is 0. The number of pyridine rings is 1. The number of aromatic hydroxyl groups is 1. The lowest BCUT2D eigenvalue weighted by Crippen LogP contribution is -2.45. The summed E-state index contributed by atoms with van der Waals surface area (Å²) in [5, 5.41) is 15.1. The molecule has 3 aromatic carbocycles. The fourth-order valence-corrected chi connectivity index (χ4v) is 4.54. The maximum atomic E-state index is 13.3. The number of carbonyl (C=O) groups excluding carboxylic acids is 2. The number of hydrogen-bond acceptors (Lipinski definition) is 5. The highest BCUT2D eigenvalue weighted by Crippen LogP contribution is 2.31. The third-order valence-corrected chi connectivity index (χ3v) is 6.44. The molecule has 0 bridgehead atoms. The van der Waals surface area contributed by atoms with Crippen LogP contribution < -0.4 is 10.1 Å². The van der Waals surface area contributed by atoms with Gasteiger partial charge in [-0.3, -0.25) is 9.59 Å². The van der Waals surface area contributed by atoms with Crippen molar-refractivity contribution in [1.82, 2.24) is 15.2 Å². The molecule has 7 heteroatoms. The third kappa shape index (κ3) is 5.00. The number of rotatable bonds is 7. The highest BCUT2D eigenvalue weighted by atomic mass is 16.5. The molecule has 0 radical (unpaired) electrons. The number of carbonyl (C=O) groups is 2. The Morgan fingerprint density at radius 2 is 1.81 bits per heavy atom. The molecule has 1 unspecified atom stereocenters. The quantitative estimate of drug-likeness (QED) is 0.407. The number of nitrogens with one attached hydrogen (secondary N) is 1. The molecule has 1 aromatic heterocycles. The molecular weight excluding hydrogens is 454 g/mol. The van der Waals surface area contributed by atoms with Crippen LogP contribution in [0.4, 0.5) is 0 Å². The van der Waals surface area contributed by atoms with Gasteiger partial charge in [0.15, 0.2) is 0 Å². The first-order valence-corrected chi connectivity index (χ1v) is 12.0. The van der Waals surface area contributed by atoms with Gasteiger partial charge in [0.05, 0.1) is 5.56 Å². The SMILES string of the molecule is O=C(NCc1ccnc(OCc2ccccc2)c1)C1CCCN1C(=O)c1ccc2ccccc2c1O. The summed E-state index contributed by atoms with van der Waals surface area (Å²) < 4.78 is 5.78. The first-order chi connectivity index (χ1) is 17.6. The molecule has 1 aliphatic rings. The average molecular weight is 482 g/mol. The summed E-state index contributed by atoms with van der Waals surface area (Å²) in [5.41, 5.74) is 2.11. The first kappa shape index (κ1) is 23.4. The zero-order valence-electron chi connectivity index (χ0n) is 19.8. The summed E-state index contributed by atoms with van der Waals surface area (Å²) in [6.07, 6.45) is 2.95. The molecule has 7 nitrogen and oxygen atoms in total. The molecule has 1 saturated heterocycles. The number of aromatic nitrogens is 1. The second-order valence-corrected chi connectivity index (χ2v) is 8.83. The minimum absolute atomic E-state index is 0.0519. The molecule has 1 atom stereocenters. The zero-order chi connectivity index (χ0) is 24.9. The molecule has 1 fully saturated rings. The van der Waals surface area contributed by atoms with Gasteiger partial charge in [-0.2, -0.15) is 0 Å². The zero-order valence-corrected chi connectivity index (χ0v) is 19.8. The molecular formula is C29H27N3O4. The third-order valence-electron chi connectivity index (χ3n) is 6.44. The van der Waals surface area contributed by atoms with Crippen LogP contribution in [0.3, 0.4) is 0 Å². The maximum absolute atomic E-state index is 13.3. The number of likely N-dealkylation sites (tertiary alicyclic amines) is 1. The Hall–Kier alpha value is -4.39. The van der Waals surface area contributed by atoms with E-state index in [-0.39, 0.29) is 23.1 Å². The lowest BCUT2D eigenvalue weighted by atomic mass is 10.0. The number of fused-ring (bicyclic) bond motifs is 1. The fourth-order valence-electron chi connectivity index (χ4n) is 4.54. The van der Waals surface area contributed by atoms with E-state index in [0.29, 0.717) is 37.4 Å². The minimum Gasteiger partial charge on any atom is -0.506 e. The van der Waals surface area contributed by atoms with Crippen LogP contribution in [0.1, 0.15) is 34.3 Å². The highest BCUT2D eigenvalue weighted by molar-refractivity contribution is 6.05. The Morgan fingerprint density at radius 3 is 2.67 bits per heavy atom. The molecule has 0 spiro atoms. The number of hydrogen-bond donors (Lipinski definition) is 2. The van der Waals surface area contributed by atoms with Crippen molar-refractivity contribution in [3.63, 3.8) is 0 Å². The van der Waals surface area contributed by atoms with Crippen LogP contribution >= 0.6 is 0 Å². The van der Waals surface area contributed by atoms with E-state index in [1.165, 1.54) is 0 Å². The molecule has 4 aromatic rings. The summed E-state index contributed by atoms with van der Waals surface area (Å²) in [6.45, 7) is 1.17. The number of ether oxygens (including phenoxy) is 1. The van der Waals surface area contributed by atoms with Gasteiger partial charge in [-0.05, 0) is 41.5 Å². The second kappa shape index (κ2) is 10.5. The van der Waals surface area contributed by atoms with Crippen molar-refractivity contribution in [2.75, 3.05) is 6.54 Å². The van der Waals surface area contributed by atoms with Crippen molar-refractivity contribution < 1.29 is 19.4 Å². The van der Waals surface area contributed by atoms with Crippen LogP contribution in [0.5, 0.6) is 11.6 Å². The van der Waals surface area contributed by atoms with E-state index in [2.05, 4.69) is 10.3 Å². The first-order valence-electron chi connectivity index (χ1n) is 12.0. The van der Waals surface area contributed by atoms with Gasteiger partial charge in [0.25, 0.3) is 5.91 Å². The van der Waals surface area contributed by atoms with Gasteiger partial charge in [-0.15, -0.1) is 0 Å². The molecule has 2 heterocycles. The lowest BCUT2D eigenvalue weighted by molar-refractivity contribution is -0.125. The van der Waals surface area contributed by atoms with E-state index in [1.54, 1.807) is 29.3 Å². The van der Waals surface area contributed by atoms with Crippen molar-refractivity contribution in [1.29, 1.82) is 0 Å². The van der Waals surface area contributed by atoms with Gasteiger partial charge in [0, 0.05) is 30.7 Å². The molecule has 5 rings (SSSR count). The van der Waals surface area contributed by atoms with Crippen LogP contribution in [-0.2, 0) is 17.9 Å². The largest absolute Gasteiger partial charge is 0.506 e. The van der Waals surface area contributed by atoms with Crippen molar-refractivity contribution in [2.45, 2.75) is 32.0 Å². The van der Waals surface area contributed by atoms with Gasteiger partial charge < -0.3 is 20.1 Å². The average Bonchev–Trinajstić information content (AvgIpc) is 3.42. The van der Waals surface area contributed by atoms with Crippen LogP contribution in [-0.4, -0.2) is 39.4 Å². The van der Waals surface area contributed by atoms with E-state index in [0.717, 1.165) is 22.9 Å². The molecule has 182 valence electrons. The Labute approximate surface area is 209 Å². The van der Waals surface area contributed by atoms with Crippen LogP contribution in [0, 0.1) is 0 Å². The van der Waals surface area contributed by atoms with Gasteiger partial charge in [-0.1, -0.05) is 60.7 Å². The van der Waals surface area contributed by atoms with Crippen molar-refractivity contribution in [3.05, 3.63) is 102 Å². The van der Waals surface area contributed by atoms with Gasteiger partial charge >= 0.3 is 0 Å². The predicted molar refractivity (Wildman–Crippen MR) is 137 cm³/mol. The molecule has 1 aliphatic heterocycles. The van der Waals surface area contributed by atoms with E-state index < -0.39 is 6.04 Å². The number of phenols is 1. The van der Waals surface area contributed by atoms with Crippen molar-refractivity contribution in [3.8, 4) is 11.6 Å². The summed E-state index contributed by atoms with van der Waals surface area (Å²) in [4.78, 5) is 32.1. The Morgan fingerprint density at radius 1 is 1.00 bits per heavy atom. The van der Waals surface area contributed by atoms with Gasteiger partial charge in [-0.25, -0.2) is 4.98 Å². The summed E-state index contributed by atoms with van der Waals surface area (Å²) in [5.74, 6) is -0.125. The van der Waals surface area contributed by atoms with E-state index in [1.807, 2.05) is 60.7 Å². The summed E-state index contributed by atoms with van der Waals surface area (Å²) in [6, 6.07) is 23.7. The van der Waals surface area contributed by atoms with Gasteiger partial charge in [0.1, 0.15) is 18.4 Å². The highest BCUT2D eigenvalue weighted by Gasteiger charge is 2.35. The predicted octanol–water partition coefficient (Wildman–Crippen LogP) is 4.44. The summed E-state index contributed by atoms with van der Waals surface area (Å²) >= 11 is 0. The fraction of sp³-hybridized carbons (Fsp3) is 0.207. The minimum atomic E-state index is -0.584. The normalized spacial score (nSPS) is 15.1. The molecule has 0 saturated carbocycles. The van der Waals surface area contributed by atoms with Crippen LogP contribution in [0.2, 0.25) is 0 Å².